The molecule has 0 aliphatic carbocycles. The smallest absolute Gasteiger partial charge is 0.00277 e. The Balaban J connectivity index is 3.37. The molecule has 0 heterocycles. The summed E-state index contributed by atoms with van der Waals surface area (Å²) in [4.78, 5) is 0. The maximum atomic E-state index is 3.86. The summed E-state index contributed by atoms with van der Waals surface area (Å²) < 4.78 is 0. The highest BCUT2D eigenvalue weighted by Gasteiger charge is 1.82. The van der Waals surface area contributed by atoms with Crippen molar-refractivity contribution in [3.05, 3.63) is 24.4 Å². The summed E-state index contributed by atoms with van der Waals surface area (Å²) in [6, 6.07) is 0. The predicted octanol–water partition coefficient (Wildman–Crippen LogP) is 2.08. The van der Waals surface area contributed by atoms with E-state index in [4.69, 9.17) is 0 Å². The van der Waals surface area contributed by atoms with E-state index < -0.39 is 0 Å². The molecule has 0 aliphatic rings. The van der Waals surface area contributed by atoms with Gasteiger partial charge in [-0.3, -0.25) is 0 Å². The molecule has 9 heavy (non-hydrogen) atoms. The predicted molar refractivity (Wildman–Crippen MR) is 42.2 cm³/mol. The van der Waals surface area contributed by atoms with Crippen molar-refractivity contribution in [1.29, 1.82) is 0 Å². The number of rotatable bonds is 4. The van der Waals surface area contributed by atoms with Crippen LogP contribution >= 0.6 is 0 Å². The molecule has 0 fully saturated rings. The Labute approximate surface area is 57.5 Å². The monoisotopic (exact) mass is 125 g/mol. The quantitative estimate of drug-likeness (QED) is 0.567. The highest BCUT2D eigenvalue weighted by Crippen LogP contribution is 2.01. The van der Waals surface area contributed by atoms with Crippen LogP contribution in [0.3, 0.4) is 0 Å². The minimum Gasteiger partial charge on any atom is -0.394 e. The highest BCUT2D eigenvalue weighted by atomic mass is 14.8. The van der Waals surface area contributed by atoms with Gasteiger partial charge in [0.25, 0.3) is 0 Å². The molecule has 0 aromatic carbocycles. The van der Waals surface area contributed by atoms with Crippen LogP contribution in [0.15, 0.2) is 24.4 Å². The Hall–Kier alpha value is -0.720. The van der Waals surface area contributed by atoms with Crippen molar-refractivity contribution >= 4 is 0 Å². The Morgan fingerprint density at radius 2 is 2.33 bits per heavy atom. The zero-order valence-corrected chi connectivity index (χ0v) is 6.28. The van der Waals surface area contributed by atoms with Crippen LogP contribution in [0.5, 0.6) is 0 Å². The van der Waals surface area contributed by atoms with Gasteiger partial charge >= 0.3 is 0 Å². The van der Waals surface area contributed by atoms with Gasteiger partial charge in [0.2, 0.25) is 0 Å². The number of hydrogen-bond acceptors (Lipinski definition) is 1. The Morgan fingerprint density at radius 1 is 1.67 bits per heavy atom. The highest BCUT2D eigenvalue weighted by molar-refractivity contribution is 5.12. The van der Waals surface area contributed by atoms with E-state index in [1.807, 2.05) is 19.3 Å². The number of nitrogens with one attached hydrogen (secondary N) is 1. The molecule has 1 nitrogen and oxygen atoms in total. The van der Waals surface area contributed by atoms with E-state index >= 15 is 0 Å². The fourth-order valence-electron chi connectivity index (χ4n) is 0.606. The van der Waals surface area contributed by atoms with Crippen molar-refractivity contribution in [3.8, 4) is 0 Å². The van der Waals surface area contributed by atoms with Crippen LogP contribution in [0.1, 0.15) is 19.8 Å². The van der Waals surface area contributed by atoms with Crippen molar-refractivity contribution in [3.63, 3.8) is 0 Å². The van der Waals surface area contributed by atoms with Crippen LogP contribution < -0.4 is 5.32 Å². The molecule has 52 valence electrons. The summed E-state index contributed by atoms with van der Waals surface area (Å²) in [7, 11) is 1.88. The first kappa shape index (κ1) is 8.28. The molecule has 0 aromatic rings. The minimum atomic E-state index is 1.10. The zero-order valence-electron chi connectivity index (χ0n) is 6.28. The first-order valence-electron chi connectivity index (χ1n) is 3.32. The summed E-state index contributed by atoms with van der Waals surface area (Å²) >= 11 is 0. The van der Waals surface area contributed by atoms with E-state index in [0.717, 1.165) is 6.42 Å². The normalized spacial score (nSPS) is 10.0. The second-order valence-electron chi connectivity index (χ2n) is 2.03. The lowest BCUT2D eigenvalue weighted by atomic mass is 10.2. The second kappa shape index (κ2) is 5.42. The number of allylic oxidation sites excluding steroid dienone is 2. The first-order valence-corrected chi connectivity index (χ1v) is 3.32. The SMILES string of the molecule is C=C(/C=C\NC)CCC. The third-order valence-electron chi connectivity index (χ3n) is 1.06. The van der Waals surface area contributed by atoms with E-state index in [0.29, 0.717) is 0 Å². The van der Waals surface area contributed by atoms with Crippen molar-refractivity contribution in [2.24, 2.45) is 0 Å². The van der Waals surface area contributed by atoms with Crippen molar-refractivity contribution < 1.29 is 0 Å². The average molecular weight is 125 g/mol. The van der Waals surface area contributed by atoms with E-state index in [-0.39, 0.29) is 0 Å². The molecule has 0 saturated heterocycles. The van der Waals surface area contributed by atoms with Gasteiger partial charge in [-0.1, -0.05) is 25.5 Å². The summed E-state index contributed by atoms with van der Waals surface area (Å²) in [6.07, 6.45) is 6.17. The lowest BCUT2D eigenvalue weighted by Gasteiger charge is -1.93. The maximum Gasteiger partial charge on any atom is 0.00277 e. The van der Waals surface area contributed by atoms with Gasteiger partial charge in [0, 0.05) is 7.05 Å². The first-order chi connectivity index (χ1) is 4.31. The van der Waals surface area contributed by atoms with Crippen LogP contribution in [0, 0.1) is 0 Å². The minimum absolute atomic E-state index is 1.10. The molecule has 0 amide bonds. The van der Waals surface area contributed by atoms with Gasteiger partial charge in [-0.05, 0) is 18.7 Å². The molecule has 0 atom stereocenters. The topological polar surface area (TPSA) is 12.0 Å². The van der Waals surface area contributed by atoms with Crippen LogP contribution in [0.25, 0.3) is 0 Å². The standard InChI is InChI=1S/C8H15N/c1-4-5-8(2)6-7-9-3/h6-7,9H,2,4-5H2,1,3H3/b7-6-. The Morgan fingerprint density at radius 3 is 2.78 bits per heavy atom. The summed E-state index contributed by atoms with van der Waals surface area (Å²) in [5.41, 5.74) is 1.19. The fourth-order valence-corrected chi connectivity index (χ4v) is 0.606. The molecule has 0 spiro atoms. The molecule has 1 N–H and O–H groups in total. The average Bonchev–Trinajstić information content (AvgIpc) is 1.85. The van der Waals surface area contributed by atoms with E-state index in [1.165, 1.54) is 12.0 Å². The summed E-state index contributed by atoms with van der Waals surface area (Å²) in [6.45, 7) is 6.01. The maximum absolute atomic E-state index is 3.86. The Bertz CT molecular complexity index is 103. The lowest BCUT2D eigenvalue weighted by Crippen LogP contribution is -1.91. The van der Waals surface area contributed by atoms with Gasteiger partial charge in [0.05, 0.1) is 0 Å². The third-order valence-corrected chi connectivity index (χ3v) is 1.06. The van der Waals surface area contributed by atoms with Gasteiger partial charge < -0.3 is 5.32 Å². The van der Waals surface area contributed by atoms with Crippen LogP contribution in [0.2, 0.25) is 0 Å². The molecule has 0 unspecified atom stereocenters. The van der Waals surface area contributed by atoms with Gasteiger partial charge in [-0.25, -0.2) is 0 Å². The van der Waals surface area contributed by atoms with E-state index in [9.17, 15) is 0 Å². The molecule has 1 heteroatoms. The summed E-state index contributed by atoms with van der Waals surface area (Å²) in [5.74, 6) is 0. The fraction of sp³-hybridized carbons (Fsp3) is 0.500. The molecule has 0 bridgehead atoms. The van der Waals surface area contributed by atoms with Crippen molar-refractivity contribution in [1.82, 2.24) is 5.32 Å². The van der Waals surface area contributed by atoms with E-state index in [1.54, 1.807) is 0 Å². The molecule has 0 saturated carbocycles. The molecular formula is C8H15N. The molecule has 0 aromatic heterocycles. The molecule has 0 radical (unpaired) electrons. The van der Waals surface area contributed by atoms with Gasteiger partial charge in [0.1, 0.15) is 0 Å². The van der Waals surface area contributed by atoms with Gasteiger partial charge in [-0.2, -0.15) is 0 Å². The number of hydrogen-bond donors (Lipinski definition) is 1. The lowest BCUT2D eigenvalue weighted by molar-refractivity contribution is 0.926. The van der Waals surface area contributed by atoms with Crippen LogP contribution in [-0.2, 0) is 0 Å². The molecule has 0 aliphatic heterocycles. The molecule has 0 rings (SSSR count). The van der Waals surface area contributed by atoms with Gasteiger partial charge in [0.15, 0.2) is 0 Å². The van der Waals surface area contributed by atoms with Crippen LogP contribution in [-0.4, -0.2) is 7.05 Å². The van der Waals surface area contributed by atoms with Crippen molar-refractivity contribution in [2.45, 2.75) is 19.8 Å². The summed E-state index contributed by atoms with van der Waals surface area (Å²) in [5, 5.41) is 2.92. The van der Waals surface area contributed by atoms with Crippen LogP contribution in [0.4, 0.5) is 0 Å². The Kier molecular flexibility index (Phi) is 4.98. The largest absolute Gasteiger partial charge is 0.394 e. The molecular weight excluding hydrogens is 110 g/mol. The zero-order chi connectivity index (χ0) is 7.11. The van der Waals surface area contributed by atoms with Gasteiger partial charge in [-0.15, -0.1) is 0 Å². The second-order valence-corrected chi connectivity index (χ2v) is 2.03. The van der Waals surface area contributed by atoms with E-state index in [2.05, 4.69) is 18.8 Å². The van der Waals surface area contributed by atoms with Crippen molar-refractivity contribution in [2.75, 3.05) is 7.05 Å². The third kappa shape index (κ3) is 5.15.